The van der Waals surface area contributed by atoms with Gasteiger partial charge in [0.15, 0.2) is 0 Å². The molecule has 2 aliphatic heterocycles. The summed E-state index contributed by atoms with van der Waals surface area (Å²) in [7, 11) is -3.59. The molecule has 6 nitrogen and oxygen atoms in total. The van der Waals surface area contributed by atoms with E-state index in [-0.39, 0.29) is 16.8 Å². The number of rotatable bonds is 6. The number of carbonyl (C=O) groups excluding carboxylic acids is 1. The molecule has 3 heterocycles. The van der Waals surface area contributed by atoms with E-state index in [2.05, 4.69) is 40.6 Å². The van der Waals surface area contributed by atoms with Gasteiger partial charge in [-0.1, -0.05) is 41.9 Å². The third-order valence-corrected chi connectivity index (χ3v) is 10.00. The molecule has 5 rings (SSSR count). The highest BCUT2D eigenvalue weighted by molar-refractivity contribution is 7.89. The van der Waals surface area contributed by atoms with Crippen molar-refractivity contribution in [3.8, 4) is 0 Å². The summed E-state index contributed by atoms with van der Waals surface area (Å²) in [4.78, 5) is 18.9. The van der Waals surface area contributed by atoms with Gasteiger partial charge in [0, 0.05) is 55.6 Å². The lowest BCUT2D eigenvalue weighted by Crippen LogP contribution is -2.51. The zero-order valence-electron chi connectivity index (χ0n) is 19.3. The summed E-state index contributed by atoms with van der Waals surface area (Å²) in [6, 6.07) is 19.1. The Morgan fingerprint density at radius 1 is 0.943 bits per heavy atom. The van der Waals surface area contributed by atoms with E-state index in [1.807, 2.05) is 17.4 Å². The zero-order valence-corrected chi connectivity index (χ0v) is 21.7. The molecule has 0 bridgehead atoms. The molecule has 1 amide bonds. The van der Waals surface area contributed by atoms with Crippen molar-refractivity contribution in [3.63, 3.8) is 0 Å². The van der Waals surface area contributed by atoms with E-state index >= 15 is 0 Å². The second kappa shape index (κ2) is 10.4. The molecule has 0 aliphatic carbocycles. The number of benzene rings is 2. The molecule has 1 atom stereocenters. The van der Waals surface area contributed by atoms with E-state index in [0.29, 0.717) is 44.2 Å². The third kappa shape index (κ3) is 5.17. The molecule has 0 radical (unpaired) electrons. The van der Waals surface area contributed by atoms with Crippen molar-refractivity contribution < 1.29 is 13.2 Å². The number of hydrogen-bond donors (Lipinski definition) is 0. The molecule has 2 aliphatic rings. The fourth-order valence-electron chi connectivity index (χ4n) is 4.97. The van der Waals surface area contributed by atoms with Crippen LogP contribution in [0, 0.1) is 0 Å². The smallest absolute Gasteiger partial charge is 0.243 e. The molecule has 3 aromatic rings. The normalized spacial score (nSPS) is 19.5. The minimum Gasteiger partial charge on any atom is -0.340 e. The lowest BCUT2D eigenvalue weighted by molar-refractivity contribution is -0.132. The van der Waals surface area contributed by atoms with E-state index in [9.17, 15) is 13.2 Å². The van der Waals surface area contributed by atoms with Crippen molar-refractivity contribution in [1.82, 2.24) is 14.1 Å². The number of nitrogens with zero attached hydrogens (tertiary/aromatic N) is 3. The predicted molar refractivity (Wildman–Crippen MR) is 139 cm³/mol. The van der Waals surface area contributed by atoms with Crippen molar-refractivity contribution in [3.05, 3.63) is 87.1 Å². The van der Waals surface area contributed by atoms with Gasteiger partial charge in [0.25, 0.3) is 0 Å². The zero-order chi connectivity index (χ0) is 24.4. The van der Waals surface area contributed by atoms with Gasteiger partial charge in [-0.15, -0.1) is 11.3 Å². The number of carbonyl (C=O) groups is 1. The van der Waals surface area contributed by atoms with Crippen LogP contribution < -0.4 is 0 Å². The van der Waals surface area contributed by atoms with E-state index in [4.69, 9.17) is 11.6 Å². The van der Waals surface area contributed by atoms with Crippen molar-refractivity contribution in [1.29, 1.82) is 0 Å². The average Bonchev–Trinajstić information content (AvgIpc) is 3.37. The van der Waals surface area contributed by atoms with Gasteiger partial charge in [0.05, 0.1) is 10.9 Å². The Hall–Kier alpha value is -2.23. The Balaban J connectivity index is 1.20. The highest BCUT2D eigenvalue weighted by Gasteiger charge is 2.32. The minimum absolute atomic E-state index is 0.0801. The number of thiophene rings is 1. The van der Waals surface area contributed by atoms with Gasteiger partial charge in [0.1, 0.15) is 0 Å². The van der Waals surface area contributed by atoms with Crippen LogP contribution in [0.15, 0.2) is 70.9 Å². The van der Waals surface area contributed by atoms with Gasteiger partial charge in [-0.3, -0.25) is 9.69 Å². The summed E-state index contributed by atoms with van der Waals surface area (Å²) < 4.78 is 27.3. The van der Waals surface area contributed by atoms with Gasteiger partial charge in [0.2, 0.25) is 15.9 Å². The van der Waals surface area contributed by atoms with Crippen molar-refractivity contribution in [2.24, 2.45) is 0 Å². The molecule has 35 heavy (non-hydrogen) atoms. The van der Waals surface area contributed by atoms with Crippen molar-refractivity contribution in [2.45, 2.75) is 23.8 Å². The summed E-state index contributed by atoms with van der Waals surface area (Å²) >= 11 is 7.71. The first-order valence-corrected chi connectivity index (χ1v) is 14.5. The van der Waals surface area contributed by atoms with Crippen LogP contribution in [0.25, 0.3) is 0 Å². The molecule has 1 fully saturated rings. The lowest BCUT2D eigenvalue weighted by atomic mass is 9.93. The van der Waals surface area contributed by atoms with Crippen LogP contribution in [-0.4, -0.2) is 67.7 Å². The summed E-state index contributed by atoms with van der Waals surface area (Å²) in [5.74, 6) is 0.0801. The van der Waals surface area contributed by atoms with Gasteiger partial charge < -0.3 is 4.90 Å². The lowest BCUT2D eigenvalue weighted by Gasteiger charge is -2.37. The number of fused-ring (bicyclic) bond motifs is 1. The Labute approximate surface area is 215 Å². The van der Waals surface area contributed by atoms with Crippen LogP contribution in [-0.2, 0) is 21.2 Å². The number of piperazine rings is 1. The molecule has 2 aromatic carbocycles. The van der Waals surface area contributed by atoms with Crippen molar-refractivity contribution in [2.75, 3.05) is 39.3 Å². The van der Waals surface area contributed by atoms with Crippen LogP contribution in [0.4, 0.5) is 0 Å². The molecule has 0 unspecified atom stereocenters. The third-order valence-electron chi connectivity index (χ3n) is 6.84. The predicted octanol–water partition coefficient (Wildman–Crippen LogP) is 4.27. The highest BCUT2D eigenvalue weighted by atomic mass is 35.5. The maximum atomic E-state index is 13.1. The summed E-state index contributed by atoms with van der Waals surface area (Å²) in [6.07, 6.45) is 1.43. The molecule has 0 saturated carbocycles. The molecular formula is C26H28ClN3O3S2. The van der Waals surface area contributed by atoms with Crippen LogP contribution in [0.3, 0.4) is 0 Å². The molecule has 184 valence electrons. The maximum absolute atomic E-state index is 13.1. The maximum Gasteiger partial charge on any atom is 0.243 e. The number of sulfonamides is 1. The average molecular weight is 530 g/mol. The van der Waals surface area contributed by atoms with E-state index in [1.54, 1.807) is 17.0 Å². The van der Waals surface area contributed by atoms with Crippen LogP contribution in [0.1, 0.15) is 28.5 Å². The van der Waals surface area contributed by atoms with Gasteiger partial charge >= 0.3 is 0 Å². The first-order valence-electron chi connectivity index (χ1n) is 11.8. The minimum atomic E-state index is -3.59. The number of amides is 1. The van der Waals surface area contributed by atoms with Crippen LogP contribution in [0.5, 0.6) is 0 Å². The van der Waals surface area contributed by atoms with E-state index in [1.165, 1.54) is 32.4 Å². The van der Waals surface area contributed by atoms with Gasteiger partial charge in [-0.25, -0.2) is 8.42 Å². The summed E-state index contributed by atoms with van der Waals surface area (Å²) in [5.41, 5.74) is 2.60. The fraction of sp³-hybridized carbons (Fsp3) is 0.346. The first kappa shape index (κ1) is 24.5. The monoisotopic (exact) mass is 529 g/mol. The molecule has 1 aromatic heterocycles. The van der Waals surface area contributed by atoms with E-state index in [0.717, 1.165) is 13.0 Å². The van der Waals surface area contributed by atoms with Crippen LogP contribution >= 0.6 is 22.9 Å². The van der Waals surface area contributed by atoms with Gasteiger partial charge in [-0.05, 0) is 53.3 Å². The molecule has 0 spiro atoms. The van der Waals surface area contributed by atoms with Gasteiger partial charge in [-0.2, -0.15) is 4.31 Å². The highest BCUT2D eigenvalue weighted by Crippen LogP contribution is 2.37. The first-order chi connectivity index (χ1) is 16.9. The number of halogens is 1. The second-order valence-electron chi connectivity index (χ2n) is 8.89. The molecule has 9 heteroatoms. The Morgan fingerprint density at radius 2 is 1.66 bits per heavy atom. The largest absolute Gasteiger partial charge is 0.340 e. The van der Waals surface area contributed by atoms with Crippen molar-refractivity contribution >= 4 is 38.9 Å². The van der Waals surface area contributed by atoms with Crippen LogP contribution in [0.2, 0.25) is 5.02 Å². The SMILES string of the molecule is O=C(CCN1CCc2sccc2[C@H]1c1ccccc1)N1CCN(S(=O)(=O)c2ccc(Cl)cc2)CC1. The van der Waals surface area contributed by atoms with E-state index < -0.39 is 10.0 Å². The Bertz CT molecular complexity index is 1270. The quantitative estimate of drug-likeness (QED) is 0.478. The molecule has 1 saturated heterocycles. The standard InChI is InChI=1S/C26H28ClN3O3S2/c27-21-6-8-22(9-7-21)35(32,33)30-17-15-28(16-18-30)25(31)11-14-29-13-10-24-23(12-19-34-24)26(29)20-4-2-1-3-5-20/h1-9,12,19,26H,10-11,13-18H2/t26-/m1/s1. The second-order valence-corrected chi connectivity index (χ2v) is 12.3. The Kier molecular flexibility index (Phi) is 7.27. The topological polar surface area (TPSA) is 60.9 Å². The number of hydrogen-bond acceptors (Lipinski definition) is 5. The Morgan fingerprint density at radius 3 is 2.37 bits per heavy atom. The summed E-state index contributed by atoms with van der Waals surface area (Å²) in [6.45, 7) is 3.01. The summed E-state index contributed by atoms with van der Waals surface area (Å²) in [5, 5.41) is 2.66. The fourth-order valence-corrected chi connectivity index (χ4v) is 7.42. The molecule has 0 N–H and O–H groups in total. The molecular weight excluding hydrogens is 502 g/mol.